The van der Waals surface area contributed by atoms with E-state index in [1.54, 1.807) is 11.6 Å². The molecule has 0 fully saturated rings. The lowest BCUT2D eigenvalue weighted by molar-refractivity contribution is 0.385. The van der Waals surface area contributed by atoms with E-state index >= 15 is 0 Å². The van der Waals surface area contributed by atoms with Crippen LogP contribution in [-0.2, 0) is 20.1 Å². The molecule has 0 saturated heterocycles. The molecule has 2 aromatic heterocycles. The molecule has 0 amide bonds. The van der Waals surface area contributed by atoms with Crippen LogP contribution >= 0.6 is 0 Å². The third-order valence-corrected chi connectivity index (χ3v) is 1.93. The van der Waals surface area contributed by atoms with Gasteiger partial charge >= 0.3 is 0 Å². The number of hydrogen-bond acceptors (Lipinski definition) is 5. The maximum absolute atomic E-state index is 4.85. The number of nitrogens with zero attached hydrogens (tertiary/aromatic N) is 4. The highest BCUT2D eigenvalue weighted by Crippen LogP contribution is 1.96. The third kappa shape index (κ3) is 2.63. The summed E-state index contributed by atoms with van der Waals surface area (Å²) in [6.45, 7) is 3.07. The lowest BCUT2D eigenvalue weighted by atomic mass is 10.4. The van der Waals surface area contributed by atoms with Crippen LogP contribution in [0.25, 0.3) is 0 Å². The Morgan fingerprint density at radius 1 is 1.47 bits per heavy atom. The first kappa shape index (κ1) is 9.85. The highest BCUT2D eigenvalue weighted by Gasteiger charge is 2.01. The molecule has 0 aromatic carbocycles. The lowest BCUT2D eigenvalue weighted by Gasteiger charge is -1.97. The van der Waals surface area contributed by atoms with Crippen LogP contribution in [0.5, 0.6) is 0 Å². The Balaban J connectivity index is 1.80. The highest BCUT2D eigenvalue weighted by molar-refractivity contribution is 4.98. The van der Waals surface area contributed by atoms with Crippen molar-refractivity contribution in [3.05, 3.63) is 29.7 Å². The van der Waals surface area contributed by atoms with Crippen LogP contribution in [0.2, 0.25) is 0 Å². The molecule has 0 atom stereocenters. The smallest absolute Gasteiger partial charge is 0.223 e. The molecular formula is C9H13N5O. The number of aryl methyl sites for hydroxylation is 2. The fraction of sp³-hybridized carbons (Fsp3) is 0.444. The minimum absolute atomic E-state index is 0.588. The molecule has 2 rings (SSSR count). The predicted octanol–water partition coefficient (Wildman–Crippen LogP) is 0.401. The minimum atomic E-state index is 0.588. The largest absolute Gasteiger partial charge is 0.340 e. The van der Waals surface area contributed by atoms with E-state index in [1.807, 2.05) is 19.3 Å². The Labute approximate surface area is 87.3 Å². The van der Waals surface area contributed by atoms with Crippen molar-refractivity contribution in [2.45, 2.75) is 20.0 Å². The third-order valence-electron chi connectivity index (χ3n) is 1.93. The van der Waals surface area contributed by atoms with E-state index in [1.165, 1.54) is 0 Å². The van der Waals surface area contributed by atoms with Crippen molar-refractivity contribution in [3.8, 4) is 0 Å². The summed E-state index contributed by atoms with van der Waals surface area (Å²) in [6, 6.07) is 1.97. The van der Waals surface area contributed by atoms with Gasteiger partial charge in [0.1, 0.15) is 0 Å². The second kappa shape index (κ2) is 4.22. The van der Waals surface area contributed by atoms with Crippen molar-refractivity contribution in [1.29, 1.82) is 0 Å². The second-order valence-electron chi connectivity index (χ2n) is 3.31. The molecule has 0 bridgehead atoms. The molecule has 2 aromatic rings. The van der Waals surface area contributed by atoms with E-state index in [-0.39, 0.29) is 0 Å². The van der Waals surface area contributed by atoms with Crippen LogP contribution in [0, 0.1) is 6.92 Å². The van der Waals surface area contributed by atoms with Crippen molar-refractivity contribution < 1.29 is 4.52 Å². The summed E-state index contributed by atoms with van der Waals surface area (Å²) in [5.41, 5.74) is 0.998. The van der Waals surface area contributed by atoms with Crippen molar-refractivity contribution in [3.63, 3.8) is 0 Å². The average Bonchev–Trinajstić information content (AvgIpc) is 2.76. The lowest BCUT2D eigenvalue weighted by Crippen LogP contribution is -2.14. The van der Waals surface area contributed by atoms with Gasteiger partial charge in [-0.2, -0.15) is 10.1 Å². The second-order valence-corrected chi connectivity index (χ2v) is 3.31. The zero-order chi connectivity index (χ0) is 10.7. The maximum Gasteiger partial charge on any atom is 0.223 e. The van der Waals surface area contributed by atoms with Gasteiger partial charge in [0.25, 0.3) is 0 Å². The molecule has 0 unspecified atom stereocenters. The van der Waals surface area contributed by atoms with Crippen molar-refractivity contribution >= 4 is 0 Å². The van der Waals surface area contributed by atoms with Gasteiger partial charge in [-0.3, -0.25) is 4.68 Å². The van der Waals surface area contributed by atoms with Gasteiger partial charge < -0.3 is 9.84 Å². The maximum atomic E-state index is 4.85. The molecule has 0 saturated carbocycles. The quantitative estimate of drug-likeness (QED) is 0.786. The summed E-state index contributed by atoms with van der Waals surface area (Å²) < 4.78 is 6.62. The molecule has 0 aliphatic carbocycles. The molecular weight excluding hydrogens is 194 g/mol. The van der Waals surface area contributed by atoms with E-state index in [4.69, 9.17) is 4.52 Å². The zero-order valence-electron chi connectivity index (χ0n) is 8.77. The van der Waals surface area contributed by atoms with Gasteiger partial charge in [-0.25, -0.2) is 0 Å². The summed E-state index contributed by atoms with van der Waals surface area (Å²) in [7, 11) is 1.89. The van der Waals surface area contributed by atoms with Gasteiger partial charge in [0, 0.05) is 26.7 Å². The van der Waals surface area contributed by atoms with Gasteiger partial charge in [-0.1, -0.05) is 5.16 Å². The molecule has 0 aliphatic heterocycles. The molecule has 1 N–H and O–H groups in total. The van der Waals surface area contributed by atoms with Gasteiger partial charge in [-0.05, 0) is 6.07 Å². The topological polar surface area (TPSA) is 68.8 Å². The van der Waals surface area contributed by atoms with E-state index in [0.717, 1.165) is 5.69 Å². The fourth-order valence-electron chi connectivity index (χ4n) is 1.27. The minimum Gasteiger partial charge on any atom is -0.340 e. The van der Waals surface area contributed by atoms with Crippen LogP contribution in [0.3, 0.4) is 0 Å². The molecule has 0 radical (unpaired) electrons. The summed E-state index contributed by atoms with van der Waals surface area (Å²) >= 11 is 0. The first-order valence-corrected chi connectivity index (χ1v) is 4.72. The molecule has 6 nitrogen and oxygen atoms in total. The normalized spacial score (nSPS) is 10.8. The van der Waals surface area contributed by atoms with E-state index in [0.29, 0.717) is 24.8 Å². The summed E-state index contributed by atoms with van der Waals surface area (Å²) in [4.78, 5) is 4.08. The Morgan fingerprint density at radius 3 is 2.93 bits per heavy atom. The van der Waals surface area contributed by atoms with Crippen molar-refractivity contribution in [2.75, 3.05) is 0 Å². The van der Waals surface area contributed by atoms with Crippen LogP contribution in [0.15, 0.2) is 16.8 Å². The van der Waals surface area contributed by atoms with Crippen LogP contribution in [-0.4, -0.2) is 19.9 Å². The monoisotopic (exact) mass is 207 g/mol. The first-order valence-electron chi connectivity index (χ1n) is 4.72. The van der Waals surface area contributed by atoms with Gasteiger partial charge in [0.15, 0.2) is 5.82 Å². The summed E-state index contributed by atoms with van der Waals surface area (Å²) in [5.74, 6) is 1.26. The number of aromatic nitrogens is 4. The Hall–Kier alpha value is -1.69. The Bertz CT molecular complexity index is 393. The highest BCUT2D eigenvalue weighted by atomic mass is 16.5. The number of rotatable bonds is 4. The molecule has 80 valence electrons. The van der Waals surface area contributed by atoms with Gasteiger partial charge in [0.2, 0.25) is 5.89 Å². The standard InChI is InChI=1S/C9H13N5O/c1-7-11-9(13-15-7)6-10-5-8-3-4-14(2)12-8/h3-4,10H,5-6H2,1-2H3. The predicted molar refractivity (Wildman–Crippen MR) is 52.8 cm³/mol. The Kier molecular flexibility index (Phi) is 2.77. The molecule has 15 heavy (non-hydrogen) atoms. The van der Waals surface area contributed by atoms with E-state index in [9.17, 15) is 0 Å². The van der Waals surface area contributed by atoms with Crippen molar-refractivity contribution in [2.24, 2.45) is 7.05 Å². The van der Waals surface area contributed by atoms with E-state index in [2.05, 4.69) is 20.6 Å². The summed E-state index contributed by atoms with van der Waals surface area (Å²) in [6.07, 6.45) is 1.91. The number of hydrogen-bond donors (Lipinski definition) is 1. The SMILES string of the molecule is Cc1nc(CNCc2ccn(C)n2)no1. The van der Waals surface area contributed by atoms with Gasteiger partial charge in [-0.15, -0.1) is 0 Å². The Morgan fingerprint density at radius 2 is 2.33 bits per heavy atom. The molecule has 6 heteroatoms. The van der Waals surface area contributed by atoms with Crippen LogP contribution in [0.1, 0.15) is 17.4 Å². The van der Waals surface area contributed by atoms with Crippen molar-refractivity contribution in [1.82, 2.24) is 25.2 Å². The average molecular weight is 207 g/mol. The fourth-order valence-corrected chi connectivity index (χ4v) is 1.27. The van der Waals surface area contributed by atoms with E-state index < -0.39 is 0 Å². The van der Waals surface area contributed by atoms with Crippen LogP contribution < -0.4 is 5.32 Å². The number of nitrogens with one attached hydrogen (secondary N) is 1. The first-order chi connectivity index (χ1) is 7.24. The summed E-state index contributed by atoms with van der Waals surface area (Å²) in [5, 5.41) is 11.2. The van der Waals surface area contributed by atoms with Crippen LogP contribution in [0.4, 0.5) is 0 Å². The molecule has 0 spiro atoms. The molecule has 0 aliphatic rings. The van der Waals surface area contributed by atoms with Gasteiger partial charge in [0.05, 0.1) is 12.2 Å². The zero-order valence-corrected chi connectivity index (χ0v) is 8.77. The molecule has 2 heterocycles.